The molecule has 1 aliphatic heterocycles. The van der Waals surface area contributed by atoms with Gasteiger partial charge in [-0.3, -0.25) is 14.3 Å². The van der Waals surface area contributed by atoms with Gasteiger partial charge in [0, 0.05) is 18.1 Å². The summed E-state index contributed by atoms with van der Waals surface area (Å²) in [5.74, 6) is -0.252. The molecule has 6 heteroatoms. The molecule has 1 aromatic heterocycles. The average Bonchev–Trinajstić information content (AvgIpc) is 3.27. The lowest BCUT2D eigenvalue weighted by Crippen LogP contribution is -2.28. The van der Waals surface area contributed by atoms with E-state index in [1.807, 2.05) is 102 Å². The van der Waals surface area contributed by atoms with Gasteiger partial charge < -0.3 is 9.47 Å². The van der Waals surface area contributed by atoms with Crippen LogP contribution in [0.1, 0.15) is 58.7 Å². The second-order valence-corrected chi connectivity index (χ2v) is 10.5. The summed E-state index contributed by atoms with van der Waals surface area (Å²) in [7, 11) is 0. The standard InChI is InChI=1S/C27H32N2O4/c1-26(2,3)32-24(30)23-22(29(23)16-18-12-8-7-9-13-18)20-17-28(25(31)33-27(4,5)6)21-15-11-10-14-19(20)21/h7-15,17,22-23H,16H2,1-6H3. The van der Waals surface area contributed by atoms with Crippen LogP contribution in [0.2, 0.25) is 0 Å². The van der Waals surface area contributed by atoms with Gasteiger partial charge in [0.25, 0.3) is 0 Å². The van der Waals surface area contributed by atoms with Gasteiger partial charge in [0.05, 0.1) is 11.6 Å². The third-order valence-corrected chi connectivity index (χ3v) is 5.43. The molecular formula is C27H32N2O4. The number of ether oxygens (including phenoxy) is 2. The summed E-state index contributed by atoms with van der Waals surface area (Å²) < 4.78 is 12.9. The SMILES string of the molecule is CC(C)(C)OC(=O)C1C(c2cn(C(=O)OC(C)(C)C)c3ccccc23)N1Cc1ccccc1. The summed E-state index contributed by atoms with van der Waals surface area (Å²) in [6, 6.07) is 17.2. The minimum absolute atomic E-state index is 0.186. The van der Waals surface area contributed by atoms with E-state index < -0.39 is 23.3 Å². The number of rotatable bonds is 4. The van der Waals surface area contributed by atoms with Crippen LogP contribution in [0.5, 0.6) is 0 Å². The third-order valence-electron chi connectivity index (χ3n) is 5.43. The molecular weight excluding hydrogens is 416 g/mol. The summed E-state index contributed by atoms with van der Waals surface area (Å²) in [6.07, 6.45) is 1.38. The summed E-state index contributed by atoms with van der Waals surface area (Å²) in [4.78, 5) is 28.2. The van der Waals surface area contributed by atoms with Gasteiger partial charge in [-0.1, -0.05) is 48.5 Å². The fourth-order valence-electron chi connectivity index (χ4n) is 4.15. The second-order valence-electron chi connectivity index (χ2n) is 10.5. The van der Waals surface area contributed by atoms with E-state index in [-0.39, 0.29) is 12.0 Å². The van der Waals surface area contributed by atoms with Crippen LogP contribution >= 0.6 is 0 Å². The zero-order valence-corrected chi connectivity index (χ0v) is 20.2. The van der Waals surface area contributed by atoms with Gasteiger partial charge in [-0.05, 0) is 58.7 Å². The van der Waals surface area contributed by atoms with Crippen molar-refractivity contribution in [1.82, 2.24) is 9.47 Å². The van der Waals surface area contributed by atoms with E-state index in [2.05, 4.69) is 4.90 Å². The van der Waals surface area contributed by atoms with Crippen LogP contribution in [0.25, 0.3) is 10.9 Å². The zero-order valence-electron chi connectivity index (χ0n) is 20.2. The Hall–Kier alpha value is -3.12. The van der Waals surface area contributed by atoms with Gasteiger partial charge in [-0.25, -0.2) is 4.79 Å². The highest BCUT2D eigenvalue weighted by Crippen LogP contribution is 2.48. The quantitative estimate of drug-likeness (QED) is 0.379. The van der Waals surface area contributed by atoms with E-state index in [1.54, 1.807) is 4.57 Å². The molecule has 0 aliphatic carbocycles. The molecule has 0 saturated carbocycles. The minimum atomic E-state index is -0.611. The largest absolute Gasteiger partial charge is 0.459 e. The molecule has 1 fully saturated rings. The molecule has 1 saturated heterocycles. The van der Waals surface area contributed by atoms with Crippen molar-refractivity contribution in [1.29, 1.82) is 0 Å². The van der Waals surface area contributed by atoms with Gasteiger partial charge >= 0.3 is 12.1 Å². The highest BCUT2D eigenvalue weighted by molar-refractivity contribution is 5.94. The summed E-state index contributed by atoms with van der Waals surface area (Å²) >= 11 is 0. The van der Waals surface area contributed by atoms with Crippen molar-refractivity contribution in [3.05, 3.63) is 71.9 Å². The zero-order chi connectivity index (χ0) is 24.0. The maximum absolute atomic E-state index is 13.1. The molecule has 0 spiro atoms. The first-order valence-electron chi connectivity index (χ1n) is 11.3. The number of aromatic nitrogens is 1. The van der Waals surface area contributed by atoms with Crippen LogP contribution in [0.3, 0.4) is 0 Å². The molecule has 2 heterocycles. The fourth-order valence-corrected chi connectivity index (χ4v) is 4.15. The maximum Gasteiger partial charge on any atom is 0.419 e. The number of nitrogens with zero attached hydrogens (tertiary/aromatic N) is 2. The molecule has 6 nitrogen and oxygen atoms in total. The van der Waals surface area contributed by atoms with Crippen molar-refractivity contribution in [2.24, 2.45) is 0 Å². The van der Waals surface area contributed by atoms with Crippen molar-refractivity contribution < 1.29 is 19.1 Å². The van der Waals surface area contributed by atoms with Crippen LogP contribution in [0.15, 0.2) is 60.8 Å². The van der Waals surface area contributed by atoms with Crippen molar-refractivity contribution in [3.8, 4) is 0 Å². The lowest BCUT2D eigenvalue weighted by Gasteiger charge is -2.19. The number of hydrogen-bond donors (Lipinski definition) is 0. The van der Waals surface area contributed by atoms with Crippen LogP contribution in [0.4, 0.5) is 4.79 Å². The number of fused-ring (bicyclic) bond motifs is 1. The average molecular weight is 449 g/mol. The first-order valence-corrected chi connectivity index (χ1v) is 11.3. The molecule has 3 atom stereocenters. The Kier molecular flexibility index (Phi) is 5.83. The smallest absolute Gasteiger partial charge is 0.419 e. The Morgan fingerprint density at radius 2 is 1.45 bits per heavy atom. The molecule has 2 aromatic carbocycles. The number of esters is 1. The van der Waals surface area contributed by atoms with Crippen molar-refractivity contribution in [3.63, 3.8) is 0 Å². The first kappa shape index (κ1) is 23.1. The molecule has 0 amide bonds. The van der Waals surface area contributed by atoms with Gasteiger partial charge in [0.15, 0.2) is 0 Å². The number of benzene rings is 2. The molecule has 174 valence electrons. The number of carbonyl (C=O) groups excluding carboxylic acids is 2. The Balaban J connectivity index is 1.72. The topological polar surface area (TPSA) is 60.5 Å². The van der Waals surface area contributed by atoms with E-state index in [1.165, 1.54) is 0 Å². The Labute approximate surface area is 195 Å². The van der Waals surface area contributed by atoms with E-state index in [0.29, 0.717) is 6.54 Å². The Morgan fingerprint density at radius 3 is 2.09 bits per heavy atom. The monoisotopic (exact) mass is 448 g/mol. The van der Waals surface area contributed by atoms with Gasteiger partial charge in [-0.15, -0.1) is 0 Å². The summed E-state index contributed by atoms with van der Waals surface area (Å²) in [5, 5.41) is 0.928. The molecule has 0 bridgehead atoms. The van der Waals surface area contributed by atoms with Crippen LogP contribution in [-0.2, 0) is 20.8 Å². The Bertz CT molecular complexity index is 1170. The van der Waals surface area contributed by atoms with Crippen molar-refractivity contribution >= 4 is 23.0 Å². The highest BCUT2D eigenvalue weighted by Gasteiger charge is 2.55. The molecule has 0 radical (unpaired) electrons. The maximum atomic E-state index is 13.1. The second kappa shape index (κ2) is 8.34. The molecule has 33 heavy (non-hydrogen) atoms. The molecule has 1 aliphatic rings. The highest BCUT2D eigenvalue weighted by atomic mass is 16.6. The number of carbonyl (C=O) groups is 2. The van der Waals surface area contributed by atoms with Crippen LogP contribution in [0, 0.1) is 0 Å². The lowest BCUT2D eigenvalue weighted by molar-refractivity contribution is -0.155. The third kappa shape index (κ3) is 5.11. The predicted octanol–water partition coefficient (Wildman–Crippen LogP) is 5.69. The van der Waals surface area contributed by atoms with E-state index >= 15 is 0 Å². The van der Waals surface area contributed by atoms with Gasteiger partial charge in [-0.2, -0.15) is 0 Å². The van der Waals surface area contributed by atoms with E-state index in [4.69, 9.17) is 9.47 Å². The molecule has 3 unspecified atom stereocenters. The van der Waals surface area contributed by atoms with Gasteiger partial charge in [0.1, 0.15) is 17.2 Å². The molecule has 4 rings (SSSR count). The summed E-state index contributed by atoms with van der Waals surface area (Å²) in [6.45, 7) is 11.8. The van der Waals surface area contributed by atoms with Gasteiger partial charge in [0.2, 0.25) is 0 Å². The van der Waals surface area contributed by atoms with E-state index in [0.717, 1.165) is 22.0 Å². The van der Waals surface area contributed by atoms with Crippen molar-refractivity contribution in [2.45, 2.75) is 71.4 Å². The minimum Gasteiger partial charge on any atom is -0.459 e. The van der Waals surface area contributed by atoms with Crippen LogP contribution < -0.4 is 0 Å². The fraction of sp³-hybridized carbons (Fsp3) is 0.407. The predicted molar refractivity (Wildman–Crippen MR) is 128 cm³/mol. The first-order chi connectivity index (χ1) is 15.4. The van der Waals surface area contributed by atoms with Crippen LogP contribution in [-0.4, -0.2) is 38.8 Å². The normalized spacial score (nSPS) is 20.5. The number of para-hydroxylation sites is 1. The Morgan fingerprint density at radius 1 is 0.848 bits per heavy atom. The molecule has 0 N–H and O–H groups in total. The summed E-state index contributed by atoms with van der Waals surface area (Å²) in [5.41, 5.74) is 1.61. The van der Waals surface area contributed by atoms with E-state index in [9.17, 15) is 9.59 Å². The molecule has 3 aromatic rings. The van der Waals surface area contributed by atoms with Crippen molar-refractivity contribution in [2.75, 3.05) is 0 Å². The lowest BCUT2D eigenvalue weighted by atomic mass is 10.1. The number of hydrogen-bond acceptors (Lipinski definition) is 5.